The Hall–Kier alpha value is 0.700. The van der Waals surface area contributed by atoms with Crippen LogP contribution in [-0.4, -0.2) is 10.7 Å². The second-order valence-corrected chi connectivity index (χ2v) is 2.54. The molecule has 0 rings (SSSR count). The quantitative estimate of drug-likeness (QED) is 0.514. The zero-order valence-electron chi connectivity index (χ0n) is 4.03. The van der Waals surface area contributed by atoms with Gasteiger partial charge in [0.2, 0.25) is 0 Å². The summed E-state index contributed by atoms with van der Waals surface area (Å²) in [5, 5.41) is 2.04. The van der Waals surface area contributed by atoms with Gasteiger partial charge in [0.25, 0.3) is 0 Å². The average Bonchev–Trinajstić information content (AvgIpc) is 1.69. The summed E-state index contributed by atoms with van der Waals surface area (Å²) in [7, 11) is 0. The first kappa shape index (κ1) is 7.70. The van der Waals surface area contributed by atoms with E-state index < -0.39 is 0 Å². The zero-order valence-corrected chi connectivity index (χ0v) is 7.20. The molecule has 7 heavy (non-hydrogen) atoms. The number of allylic oxidation sites excluding steroid dienone is 2. The molecule has 0 spiro atoms. The van der Waals surface area contributed by atoms with Gasteiger partial charge in [-0.25, -0.2) is 0 Å². The molecule has 2 heteroatoms. The molecule has 0 atom stereocenters. The van der Waals surface area contributed by atoms with Gasteiger partial charge in [-0.15, -0.1) is 0 Å². The second kappa shape index (κ2) is 6.70. The predicted molar refractivity (Wildman–Crippen MR) is 41.3 cm³/mol. The van der Waals surface area contributed by atoms with Crippen molar-refractivity contribution < 1.29 is 0 Å². The average molecular weight is 228 g/mol. The Morgan fingerprint density at radius 2 is 1.86 bits per heavy atom. The smallest absolute Gasteiger partial charge is 0.0212 e. The van der Waals surface area contributed by atoms with Crippen molar-refractivity contribution >= 4 is 31.9 Å². The highest BCUT2D eigenvalue weighted by atomic mass is 79.9. The van der Waals surface area contributed by atoms with Crippen molar-refractivity contribution in [3.05, 3.63) is 12.2 Å². The monoisotopic (exact) mass is 226 g/mol. The summed E-state index contributed by atoms with van der Waals surface area (Å²) in [6, 6.07) is 0. The molecule has 0 unspecified atom stereocenters. The van der Waals surface area contributed by atoms with Crippen LogP contribution in [0.3, 0.4) is 0 Å². The van der Waals surface area contributed by atoms with Gasteiger partial charge in [0.15, 0.2) is 0 Å². The lowest BCUT2D eigenvalue weighted by Crippen LogP contribution is -1.65. The van der Waals surface area contributed by atoms with Crippen molar-refractivity contribution in [1.82, 2.24) is 0 Å². The van der Waals surface area contributed by atoms with Crippen LogP contribution < -0.4 is 0 Å². The molecule has 0 heterocycles. The first-order chi connectivity index (χ1) is 3.41. The molecule has 0 aromatic heterocycles. The van der Waals surface area contributed by atoms with Gasteiger partial charge in [-0.2, -0.15) is 0 Å². The van der Waals surface area contributed by atoms with Crippen molar-refractivity contribution in [2.24, 2.45) is 0 Å². The fourth-order valence-corrected chi connectivity index (χ4v) is 0.773. The summed E-state index contributed by atoms with van der Waals surface area (Å²) in [4.78, 5) is 0. The van der Waals surface area contributed by atoms with E-state index >= 15 is 0 Å². The molecule has 0 amide bonds. The normalized spacial score (nSPS) is 10.6. The molecule has 0 fully saturated rings. The van der Waals surface area contributed by atoms with Gasteiger partial charge >= 0.3 is 0 Å². The van der Waals surface area contributed by atoms with Gasteiger partial charge in [-0.1, -0.05) is 44.0 Å². The Balaban J connectivity index is 2.78. The van der Waals surface area contributed by atoms with E-state index in [4.69, 9.17) is 0 Å². The standard InChI is InChI=1S/C5H8Br2/c6-4-2-1-3-5-7/h1-2H,3-5H2. The minimum Gasteiger partial charge on any atom is -0.0925 e. The maximum Gasteiger partial charge on any atom is 0.0212 e. The third kappa shape index (κ3) is 6.70. The summed E-state index contributed by atoms with van der Waals surface area (Å²) in [5.74, 6) is 0. The van der Waals surface area contributed by atoms with E-state index in [0.717, 1.165) is 17.1 Å². The highest BCUT2D eigenvalue weighted by Gasteiger charge is 1.70. The molecule has 0 saturated heterocycles. The molecule has 0 saturated carbocycles. The molecule has 0 aliphatic carbocycles. The largest absolute Gasteiger partial charge is 0.0925 e. The number of halogens is 2. The first-order valence-electron chi connectivity index (χ1n) is 2.18. The Morgan fingerprint density at radius 3 is 2.29 bits per heavy atom. The van der Waals surface area contributed by atoms with E-state index in [1.54, 1.807) is 0 Å². The number of hydrogen-bond acceptors (Lipinski definition) is 0. The van der Waals surface area contributed by atoms with Gasteiger partial charge in [-0.3, -0.25) is 0 Å². The molecule has 0 nitrogen and oxygen atoms in total. The van der Waals surface area contributed by atoms with Crippen LogP contribution in [0.15, 0.2) is 12.2 Å². The summed E-state index contributed by atoms with van der Waals surface area (Å²) in [6.07, 6.45) is 5.37. The lowest BCUT2D eigenvalue weighted by atomic mass is 10.4. The van der Waals surface area contributed by atoms with Gasteiger partial charge < -0.3 is 0 Å². The maximum atomic E-state index is 3.31. The molecule has 0 bridgehead atoms. The van der Waals surface area contributed by atoms with Crippen LogP contribution >= 0.6 is 31.9 Å². The Kier molecular flexibility index (Phi) is 7.37. The van der Waals surface area contributed by atoms with Crippen molar-refractivity contribution in [1.29, 1.82) is 0 Å². The van der Waals surface area contributed by atoms with E-state index in [1.165, 1.54) is 0 Å². The Labute approximate surface area is 61.2 Å². The number of hydrogen-bond donors (Lipinski definition) is 0. The van der Waals surface area contributed by atoms with Crippen LogP contribution in [0.4, 0.5) is 0 Å². The fourth-order valence-electron chi connectivity index (χ4n) is 0.244. The predicted octanol–water partition coefficient (Wildman–Crippen LogP) is 2.72. The van der Waals surface area contributed by atoms with Crippen molar-refractivity contribution in [2.45, 2.75) is 6.42 Å². The lowest BCUT2D eigenvalue weighted by Gasteiger charge is -1.77. The van der Waals surface area contributed by atoms with Crippen molar-refractivity contribution in [3.8, 4) is 0 Å². The minimum absolute atomic E-state index is 0.972. The second-order valence-electron chi connectivity index (χ2n) is 1.10. The molecule has 0 aromatic carbocycles. The van der Waals surface area contributed by atoms with Gasteiger partial charge in [0.05, 0.1) is 0 Å². The van der Waals surface area contributed by atoms with Gasteiger partial charge in [-0.05, 0) is 6.42 Å². The van der Waals surface area contributed by atoms with Crippen LogP contribution in [0.2, 0.25) is 0 Å². The summed E-state index contributed by atoms with van der Waals surface area (Å²) >= 11 is 6.59. The molecule has 0 radical (unpaired) electrons. The highest BCUT2D eigenvalue weighted by Crippen LogP contribution is 1.89. The summed E-state index contributed by atoms with van der Waals surface area (Å²) < 4.78 is 0. The molecule has 0 aliphatic heterocycles. The topological polar surface area (TPSA) is 0 Å². The third-order valence-electron chi connectivity index (χ3n) is 0.532. The highest BCUT2D eigenvalue weighted by molar-refractivity contribution is 9.09. The Morgan fingerprint density at radius 1 is 1.14 bits per heavy atom. The molecular formula is C5H8Br2. The van der Waals surface area contributed by atoms with E-state index in [9.17, 15) is 0 Å². The number of alkyl halides is 2. The minimum atomic E-state index is 0.972. The van der Waals surface area contributed by atoms with Crippen LogP contribution in [0.25, 0.3) is 0 Å². The molecule has 0 aliphatic rings. The van der Waals surface area contributed by atoms with E-state index in [2.05, 4.69) is 44.0 Å². The van der Waals surface area contributed by atoms with Crippen LogP contribution in [0.5, 0.6) is 0 Å². The molecule has 42 valence electrons. The maximum absolute atomic E-state index is 3.31. The lowest BCUT2D eigenvalue weighted by molar-refractivity contribution is 1.25. The Bertz CT molecular complexity index is 50.0. The van der Waals surface area contributed by atoms with E-state index in [0.29, 0.717) is 0 Å². The summed E-state index contributed by atoms with van der Waals surface area (Å²) in [5.41, 5.74) is 0. The van der Waals surface area contributed by atoms with Crippen LogP contribution in [0.1, 0.15) is 6.42 Å². The van der Waals surface area contributed by atoms with Crippen molar-refractivity contribution in [3.63, 3.8) is 0 Å². The molecular weight excluding hydrogens is 220 g/mol. The fraction of sp³-hybridized carbons (Fsp3) is 0.600. The molecule has 0 aromatic rings. The van der Waals surface area contributed by atoms with Gasteiger partial charge in [0.1, 0.15) is 0 Å². The van der Waals surface area contributed by atoms with E-state index in [-0.39, 0.29) is 0 Å². The zero-order chi connectivity index (χ0) is 5.54. The third-order valence-corrected chi connectivity index (χ3v) is 1.36. The van der Waals surface area contributed by atoms with Gasteiger partial charge in [0, 0.05) is 10.7 Å². The number of rotatable bonds is 3. The van der Waals surface area contributed by atoms with Crippen LogP contribution in [0, 0.1) is 0 Å². The first-order valence-corrected chi connectivity index (χ1v) is 4.43. The van der Waals surface area contributed by atoms with Crippen LogP contribution in [-0.2, 0) is 0 Å². The summed E-state index contributed by atoms with van der Waals surface area (Å²) in [6.45, 7) is 0. The van der Waals surface area contributed by atoms with Crippen molar-refractivity contribution in [2.75, 3.05) is 10.7 Å². The molecule has 0 N–H and O–H groups in total. The van der Waals surface area contributed by atoms with E-state index in [1.807, 2.05) is 0 Å². The SMILES string of the molecule is BrCC=CCCBr.